The third-order valence-corrected chi connectivity index (χ3v) is 11.2. The first kappa shape index (κ1) is 23.5. The maximum atomic E-state index is 11.7. The largest absolute Gasteiger partial charge is 0.481 e. The van der Waals surface area contributed by atoms with Crippen LogP contribution in [0.4, 0.5) is 0 Å². The highest BCUT2D eigenvalue weighted by atomic mass is 16.4. The molecule has 0 heterocycles. The van der Waals surface area contributed by atoms with Crippen LogP contribution in [0.15, 0.2) is 0 Å². The van der Waals surface area contributed by atoms with Gasteiger partial charge in [-0.05, 0) is 110 Å². The van der Waals surface area contributed by atoms with Crippen LogP contribution in [0.25, 0.3) is 0 Å². The molecule has 11 atom stereocenters. The van der Waals surface area contributed by atoms with Crippen LogP contribution in [-0.2, 0) is 4.79 Å². The number of fused-ring (bicyclic) bond motifs is 5. The normalized spacial score (nSPS) is 50.3. The van der Waals surface area contributed by atoms with E-state index < -0.39 is 5.97 Å². The quantitative estimate of drug-likeness (QED) is 0.515. The number of aliphatic hydroxyl groups excluding tert-OH is 2. The zero-order valence-corrected chi connectivity index (χ0v) is 20.2. The Morgan fingerprint density at radius 1 is 1.00 bits per heavy atom. The minimum Gasteiger partial charge on any atom is -0.481 e. The summed E-state index contributed by atoms with van der Waals surface area (Å²) in [6, 6.07) is 0. The second-order valence-corrected chi connectivity index (χ2v) is 12.4. The molecule has 31 heavy (non-hydrogen) atoms. The average molecular weight is 435 g/mol. The Hall–Kier alpha value is -0.610. The zero-order valence-electron chi connectivity index (χ0n) is 20.2. The van der Waals surface area contributed by atoms with E-state index in [4.69, 9.17) is 5.11 Å². The van der Waals surface area contributed by atoms with Crippen LogP contribution in [-0.4, -0.2) is 33.5 Å². The summed E-state index contributed by atoms with van der Waals surface area (Å²) < 4.78 is 0. The molecule has 0 spiro atoms. The Morgan fingerprint density at radius 3 is 2.35 bits per heavy atom. The molecule has 0 aromatic heterocycles. The molecule has 4 rings (SSSR count). The lowest BCUT2D eigenvalue weighted by molar-refractivity contribution is -0.203. The molecule has 4 aliphatic carbocycles. The first-order valence-corrected chi connectivity index (χ1v) is 13.2. The number of hydrogen-bond acceptors (Lipinski definition) is 3. The number of aliphatic hydroxyl groups is 2. The Bertz CT molecular complexity index is 664. The van der Waals surface area contributed by atoms with Gasteiger partial charge >= 0.3 is 5.97 Å². The van der Waals surface area contributed by atoms with Crippen molar-refractivity contribution in [1.82, 2.24) is 0 Å². The fourth-order valence-corrected chi connectivity index (χ4v) is 9.71. The number of carboxylic acids is 1. The molecule has 4 fully saturated rings. The van der Waals surface area contributed by atoms with Crippen LogP contribution in [0.3, 0.4) is 0 Å². The molecule has 0 aromatic rings. The van der Waals surface area contributed by atoms with E-state index in [-0.39, 0.29) is 29.5 Å². The van der Waals surface area contributed by atoms with Crippen molar-refractivity contribution in [2.45, 2.75) is 111 Å². The molecule has 0 bridgehead atoms. The molecule has 0 aromatic carbocycles. The van der Waals surface area contributed by atoms with Crippen LogP contribution in [0.5, 0.6) is 0 Å². The van der Waals surface area contributed by atoms with E-state index in [1.54, 1.807) is 0 Å². The summed E-state index contributed by atoms with van der Waals surface area (Å²) in [6.07, 6.45) is 10.5. The van der Waals surface area contributed by atoms with Gasteiger partial charge in [-0.2, -0.15) is 0 Å². The molecule has 0 amide bonds. The Labute approximate surface area is 189 Å². The van der Waals surface area contributed by atoms with Gasteiger partial charge in [0.25, 0.3) is 0 Å². The van der Waals surface area contributed by atoms with Gasteiger partial charge in [-0.3, -0.25) is 4.79 Å². The van der Waals surface area contributed by atoms with Crippen molar-refractivity contribution in [2.24, 2.45) is 52.3 Å². The average Bonchev–Trinajstić information content (AvgIpc) is 3.06. The smallest absolute Gasteiger partial charge is 0.303 e. The monoisotopic (exact) mass is 434 g/mol. The van der Waals surface area contributed by atoms with Gasteiger partial charge in [-0.25, -0.2) is 0 Å². The lowest BCUT2D eigenvalue weighted by Gasteiger charge is -2.64. The van der Waals surface area contributed by atoms with E-state index in [9.17, 15) is 15.0 Å². The first-order chi connectivity index (χ1) is 14.6. The van der Waals surface area contributed by atoms with Gasteiger partial charge in [0.05, 0.1) is 12.2 Å². The molecule has 4 aliphatic rings. The highest BCUT2D eigenvalue weighted by Crippen LogP contribution is 2.69. The van der Waals surface area contributed by atoms with Gasteiger partial charge in [-0.1, -0.05) is 34.1 Å². The van der Waals surface area contributed by atoms with E-state index >= 15 is 0 Å². The lowest BCUT2D eigenvalue weighted by Crippen LogP contribution is -2.62. The highest BCUT2D eigenvalue weighted by Gasteiger charge is 2.64. The van der Waals surface area contributed by atoms with E-state index in [0.717, 1.165) is 38.5 Å². The molecule has 3 N–H and O–H groups in total. The maximum Gasteiger partial charge on any atom is 0.303 e. The number of rotatable bonds is 6. The Kier molecular flexibility index (Phi) is 6.55. The van der Waals surface area contributed by atoms with Crippen LogP contribution in [0.1, 0.15) is 98.3 Å². The van der Waals surface area contributed by atoms with Crippen LogP contribution < -0.4 is 0 Å². The molecule has 0 saturated heterocycles. The topological polar surface area (TPSA) is 77.8 Å². The Balaban J connectivity index is 1.57. The Morgan fingerprint density at radius 2 is 1.68 bits per heavy atom. The predicted octanol–water partition coefficient (Wildman–Crippen LogP) is 5.50. The van der Waals surface area contributed by atoms with Crippen molar-refractivity contribution in [1.29, 1.82) is 0 Å². The molecular formula is C27H46O4. The van der Waals surface area contributed by atoms with E-state index in [1.165, 1.54) is 25.7 Å². The molecule has 4 nitrogen and oxygen atoms in total. The van der Waals surface area contributed by atoms with Crippen molar-refractivity contribution in [3.8, 4) is 0 Å². The van der Waals surface area contributed by atoms with Gasteiger partial charge in [0.15, 0.2) is 0 Å². The number of hydrogen-bond donors (Lipinski definition) is 3. The molecule has 0 radical (unpaired) electrons. The molecule has 4 heteroatoms. The minimum absolute atomic E-state index is 0.188. The third kappa shape index (κ3) is 3.78. The third-order valence-electron chi connectivity index (χ3n) is 11.2. The van der Waals surface area contributed by atoms with Crippen molar-refractivity contribution in [2.75, 3.05) is 0 Å². The summed E-state index contributed by atoms with van der Waals surface area (Å²) in [6.45, 7) is 9.59. The molecule has 178 valence electrons. The first-order valence-electron chi connectivity index (χ1n) is 13.2. The van der Waals surface area contributed by atoms with Gasteiger partial charge in [-0.15, -0.1) is 0 Å². The van der Waals surface area contributed by atoms with Crippen molar-refractivity contribution >= 4 is 5.97 Å². The van der Waals surface area contributed by atoms with Crippen LogP contribution in [0.2, 0.25) is 0 Å². The molecule has 4 unspecified atom stereocenters. The number of carbonyl (C=O) groups is 1. The van der Waals surface area contributed by atoms with Crippen molar-refractivity contribution < 1.29 is 20.1 Å². The van der Waals surface area contributed by atoms with Gasteiger partial charge < -0.3 is 15.3 Å². The summed E-state index contributed by atoms with van der Waals surface area (Å²) in [5.74, 6) is 2.87. The van der Waals surface area contributed by atoms with Gasteiger partial charge in [0.1, 0.15) is 0 Å². The number of carboxylic acid groups (broad SMARTS) is 1. The summed E-state index contributed by atoms with van der Waals surface area (Å²) in [5, 5.41) is 31.2. The fourth-order valence-electron chi connectivity index (χ4n) is 9.71. The number of aliphatic carboxylic acids is 1. The molecule has 4 saturated carbocycles. The van der Waals surface area contributed by atoms with Crippen molar-refractivity contribution in [3.63, 3.8) is 0 Å². The summed E-state index contributed by atoms with van der Waals surface area (Å²) >= 11 is 0. The summed E-state index contributed by atoms with van der Waals surface area (Å²) in [4.78, 5) is 11.0. The second kappa shape index (κ2) is 8.63. The summed E-state index contributed by atoms with van der Waals surface area (Å²) in [7, 11) is 0. The van der Waals surface area contributed by atoms with Crippen molar-refractivity contribution in [3.05, 3.63) is 0 Å². The van der Waals surface area contributed by atoms with E-state index in [0.29, 0.717) is 41.4 Å². The van der Waals surface area contributed by atoms with Crippen LogP contribution in [0, 0.1) is 52.3 Å². The van der Waals surface area contributed by atoms with Gasteiger partial charge in [0, 0.05) is 6.42 Å². The maximum absolute atomic E-state index is 11.7. The molecule has 0 aliphatic heterocycles. The SMILES string of the molecule is CC[C@H]1[C@@H](O)C2C3CCC([C@H](C)CCCC(=O)O)[C@@]3(C)CCC2[C@@]2(C)CC[C@@H](O)C[C@@H]12. The molecular weight excluding hydrogens is 388 g/mol. The summed E-state index contributed by atoms with van der Waals surface area (Å²) in [5.41, 5.74) is 0.538. The fraction of sp³-hybridized carbons (Fsp3) is 0.963. The minimum atomic E-state index is -0.681. The standard InChI is InChI=1S/C27H46O4/c1-5-18-22-15-17(28)11-13-27(22,4)21-12-14-26(3)19(16(2)7-6-8-23(29)30)9-10-20(26)24(21)25(18)31/h16-22,24-25,28,31H,5-15H2,1-4H3,(H,29,30)/t16-,17-,18-,19?,20?,21?,22+,24?,25-,26-,27-/m1/s1. The van der Waals surface area contributed by atoms with E-state index in [1.807, 2.05) is 0 Å². The highest BCUT2D eigenvalue weighted by molar-refractivity contribution is 5.66. The zero-order chi connectivity index (χ0) is 22.6. The second-order valence-electron chi connectivity index (χ2n) is 12.4. The van der Waals surface area contributed by atoms with E-state index in [2.05, 4.69) is 27.7 Å². The van der Waals surface area contributed by atoms with Gasteiger partial charge in [0.2, 0.25) is 0 Å². The lowest BCUT2D eigenvalue weighted by atomic mass is 9.41. The van der Waals surface area contributed by atoms with Crippen LogP contribution >= 0.6 is 0 Å². The predicted molar refractivity (Wildman–Crippen MR) is 122 cm³/mol.